The van der Waals surface area contributed by atoms with Gasteiger partial charge in [0.05, 0.1) is 0 Å². The first kappa shape index (κ1) is 22.0. The number of carbonyl (C=O) groups excluding carboxylic acids is 2. The molecular weight excluding hydrogens is 416 g/mol. The van der Waals surface area contributed by atoms with Crippen molar-refractivity contribution in [1.29, 1.82) is 0 Å². The van der Waals surface area contributed by atoms with Crippen LogP contribution in [0.4, 0.5) is 5.69 Å². The van der Waals surface area contributed by atoms with Gasteiger partial charge in [0, 0.05) is 16.8 Å². The zero-order chi connectivity index (χ0) is 23.4. The number of esters is 1. The lowest BCUT2D eigenvalue weighted by atomic mass is 10.1. The van der Waals surface area contributed by atoms with Crippen molar-refractivity contribution in [2.24, 2.45) is 0 Å². The molecule has 0 spiro atoms. The maximum atomic E-state index is 13.2. The van der Waals surface area contributed by atoms with E-state index in [0.29, 0.717) is 22.9 Å². The third-order valence-corrected chi connectivity index (χ3v) is 5.23. The third kappa shape index (κ3) is 5.01. The predicted octanol–water partition coefficient (Wildman–Crippen LogP) is 5.80. The number of benzene rings is 3. The van der Waals surface area contributed by atoms with Crippen LogP contribution in [-0.4, -0.2) is 16.9 Å². The van der Waals surface area contributed by atoms with Gasteiger partial charge in [-0.25, -0.2) is 9.78 Å². The van der Waals surface area contributed by atoms with Crippen LogP contribution in [0.3, 0.4) is 0 Å². The molecule has 0 aliphatic carbocycles. The Labute approximate surface area is 192 Å². The van der Waals surface area contributed by atoms with Crippen molar-refractivity contribution in [3.8, 4) is 11.5 Å². The van der Waals surface area contributed by atoms with Crippen molar-refractivity contribution in [2.45, 2.75) is 26.9 Å². The molecule has 0 aliphatic rings. The molecule has 6 nitrogen and oxygen atoms in total. The van der Waals surface area contributed by atoms with Crippen LogP contribution >= 0.6 is 0 Å². The maximum Gasteiger partial charge on any atom is 0.361 e. The van der Waals surface area contributed by atoms with Crippen molar-refractivity contribution in [1.82, 2.24) is 4.98 Å². The Bertz CT molecular complexity index is 1280. The van der Waals surface area contributed by atoms with Gasteiger partial charge in [0.25, 0.3) is 5.91 Å². The second kappa shape index (κ2) is 9.53. The van der Waals surface area contributed by atoms with E-state index in [0.717, 1.165) is 16.7 Å². The number of aryl methyl sites for hydroxylation is 3. The highest BCUT2D eigenvalue weighted by Gasteiger charge is 2.29. The lowest BCUT2D eigenvalue weighted by Gasteiger charge is -2.18. The van der Waals surface area contributed by atoms with E-state index in [2.05, 4.69) is 10.3 Å². The summed E-state index contributed by atoms with van der Waals surface area (Å²) in [5, 5.41) is 2.89. The minimum absolute atomic E-state index is 0.0364. The van der Waals surface area contributed by atoms with Crippen molar-refractivity contribution in [3.63, 3.8) is 0 Å². The molecule has 0 radical (unpaired) electrons. The fourth-order valence-corrected chi connectivity index (χ4v) is 3.42. The van der Waals surface area contributed by atoms with Crippen LogP contribution in [0.5, 0.6) is 0 Å². The Morgan fingerprint density at radius 3 is 2.27 bits per heavy atom. The van der Waals surface area contributed by atoms with E-state index in [1.54, 1.807) is 31.2 Å². The Balaban J connectivity index is 1.61. The normalized spacial score (nSPS) is 11.6. The summed E-state index contributed by atoms with van der Waals surface area (Å²) in [5.41, 5.74) is 3.92. The van der Waals surface area contributed by atoms with E-state index >= 15 is 0 Å². The van der Waals surface area contributed by atoms with Crippen LogP contribution in [0.2, 0.25) is 0 Å². The fourth-order valence-electron chi connectivity index (χ4n) is 3.42. The average molecular weight is 440 g/mol. The summed E-state index contributed by atoms with van der Waals surface area (Å²) in [6.07, 6.45) is -1.16. The molecule has 166 valence electrons. The second-order valence-corrected chi connectivity index (χ2v) is 7.79. The first-order valence-corrected chi connectivity index (χ1v) is 10.6. The number of aromatic nitrogens is 1. The largest absolute Gasteiger partial charge is 0.442 e. The highest BCUT2D eigenvalue weighted by atomic mass is 16.5. The van der Waals surface area contributed by atoms with Crippen LogP contribution in [0.25, 0.3) is 11.5 Å². The van der Waals surface area contributed by atoms with Crippen molar-refractivity contribution >= 4 is 17.6 Å². The Hall–Kier alpha value is -4.19. The molecule has 0 aliphatic heterocycles. The van der Waals surface area contributed by atoms with Gasteiger partial charge in [0.2, 0.25) is 12.0 Å². The lowest BCUT2D eigenvalue weighted by molar-refractivity contribution is -0.125. The van der Waals surface area contributed by atoms with Gasteiger partial charge in [-0.15, -0.1) is 0 Å². The Morgan fingerprint density at radius 2 is 1.58 bits per heavy atom. The van der Waals surface area contributed by atoms with E-state index in [9.17, 15) is 9.59 Å². The van der Waals surface area contributed by atoms with E-state index in [1.807, 2.05) is 68.4 Å². The summed E-state index contributed by atoms with van der Waals surface area (Å²) in [5.74, 6) is -0.548. The van der Waals surface area contributed by atoms with E-state index in [1.165, 1.54) is 0 Å². The number of hydrogen-bond acceptors (Lipinski definition) is 5. The van der Waals surface area contributed by atoms with E-state index in [-0.39, 0.29) is 5.69 Å². The summed E-state index contributed by atoms with van der Waals surface area (Å²) in [6.45, 7) is 5.49. The van der Waals surface area contributed by atoms with Crippen LogP contribution in [-0.2, 0) is 9.53 Å². The van der Waals surface area contributed by atoms with Gasteiger partial charge in [-0.2, -0.15) is 0 Å². The van der Waals surface area contributed by atoms with Crippen molar-refractivity contribution in [3.05, 3.63) is 107 Å². The Kier molecular flexibility index (Phi) is 6.36. The molecule has 1 heterocycles. The zero-order valence-electron chi connectivity index (χ0n) is 18.7. The van der Waals surface area contributed by atoms with Crippen LogP contribution in [0.1, 0.15) is 39.0 Å². The Morgan fingerprint density at radius 1 is 0.909 bits per heavy atom. The SMILES string of the molecule is Cc1ccc(C)c(NC(=O)[C@@H](OC(=O)c2nc(-c3ccccc3)oc2C)c2ccccc2)c1. The van der Waals surface area contributed by atoms with Gasteiger partial charge in [0.1, 0.15) is 5.76 Å². The maximum absolute atomic E-state index is 13.2. The molecule has 1 N–H and O–H groups in total. The average Bonchev–Trinajstić information content (AvgIpc) is 3.22. The van der Waals surface area contributed by atoms with Crippen LogP contribution < -0.4 is 5.32 Å². The second-order valence-electron chi connectivity index (χ2n) is 7.79. The molecule has 0 fully saturated rings. The number of nitrogens with zero attached hydrogens (tertiary/aromatic N) is 1. The smallest absolute Gasteiger partial charge is 0.361 e. The highest BCUT2D eigenvalue weighted by molar-refractivity contribution is 5.98. The quantitative estimate of drug-likeness (QED) is 0.383. The number of nitrogens with one attached hydrogen (secondary N) is 1. The summed E-state index contributed by atoms with van der Waals surface area (Å²) >= 11 is 0. The molecule has 0 saturated heterocycles. The molecule has 1 amide bonds. The number of carbonyl (C=O) groups is 2. The molecular formula is C27H24N2O4. The molecule has 33 heavy (non-hydrogen) atoms. The number of hydrogen-bond donors (Lipinski definition) is 1. The van der Waals surface area contributed by atoms with E-state index in [4.69, 9.17) is 9.15 Å². The molecule has 4 rings (SSSR count). The zero-order valence-corrected chi connectivity index (χ0v) is 18.7. The monoisotopic (exact) mass is 440 g/mol. The summed E-state index contributed by atoms with van der Waals surface area (Å²) < 4.78 is 11.4. The van der Waals surface area contributed by atoms with Crippen LogP contribution in [0, 0.1) is 20.8 Å². The van der Waals surface area contributed by atoms with Crippen LogP contribution in [0.15, 0.2) is 83.3 Å². The summed E-state index contributed by atoms with van der Waals surface area (Å²) in [7, 11) is 0. The highest BCUT2D eigenvalue weighted by Crippen LogP contribution is 2.26. The van der Waals surface area contributed by atoms with Crippen molar-refractivity contribution < 1.29 is 18.7 Å². The lowest BCUT2D eigenvalue weighted by Crippen LogP contribution is -2.26. The fraction of sp³-hybridized carbons (Fsp3) is 0.148. The van der Waals surface area contributed by atoms with E-state index < -0.39 is 18.0 Å². The molecule has 3 aromatic carbocycles. The number of amides is 1. The molecule has 0 bridgehead atoms. The first-order valence-electron chi connectivity index (χ1n) is 10.6. The van der Waals surface area contributed by atoms with Gasteiger partial charge >= 0.3 is 5.97 Å². The summed E-state index contributed by atoms with van der Waals surface area (Å²) in [4.78, 5) is 30.6. The number of anilines is 1. The summed E-state index contributed by atoms with van der Waals surface area (Å²) in [6, 6.07) is 23.9. The number of oxazole rings is 1. The molecule has 1 aromatic heterocycles. The predicted molar refractivity (Wildman–Crippen MR) is 126 cm³/mol. The minimum Gasteiger partial charge on any atom is -0.442 e. The first-order chi connectivity index (χ1) is 15.9. The molecule has 6 heteroatoms. The third-order valence-electron chi connectivity index (χ3n) is 5.23. The standard InChI is InChI=1S/C27H24N2O4/c1-17-14-15-18(2)22(16-17)28-25(30)24(20-10-6-4-7-11-20)33-27(31)23-19(3)32-26(29-23)21-12-8-5-9-13-21/h4-16,24H,1-3H3,(H,28,30)/t24-/m0/s1. The van der Waals surface area contributed by atoms with Gasteiger partial charge in [-0.1, -0.05) is 60.7 Å². The molecule has 1 atom stereocenters. The van der Waals surface area contributed by atoms with Gasteiger partial charge in [-0.05, 0) is 50.1 Å². The van der Waals surface area contributed by atoms with Crippen molar-refractivity contribution in [2.75, 3.05) is 5.32 Å². The molecule has 0 saturated carbocycles. The molecule has 4 aromatic rings. The number of rotatable bonds is 6. The van der Waals surface area contributed by atoms with Gasteiger partial charge < -0.3 is 14.5 Å². The number of ether oxygens (including phenoxy) is 1. The minimum atomic E-state index is -1.16. The van der Waals surface area contributed by atoms with Gasteiger partial charge in [-0.3, -0.25) is 4.79 Å². The van der Waals surface area contributed by atoms with Gasteiger partial charge in [0.15, 0.2) is 5.69 Å². The molecule has 0 unspecified atom stereocenters. The topological polar surface area (TPSA) is 81.4 Å².